The molecule has 2 fully saturated rings. The Labute approximate surface area is 213 Å². The van der Waals surface area contributed by atoms with Crippen LogP contribution in [0.15, 0.2) is 0 Å². The second-order valence-electron chi connectivity index (χ2n) is 9.38. The summed E-state index contributed by atoms with van der Waals surface area (Å²) in [5.41, 5.74) is 0. The standard InChI is InChI=1S/C22H35N5O8S/c1-10(2)17(20(32)23-11(3)19(31)24-12(21(33)34)8-16(29)30)26-15(28)7-5-4-6-14-18-13(9-36-14)25-22(35)27-18/h10-14,17-18H,4-9H2,1-3H3,(H,23,32)(H,24,31)(H,26,28)(H,29,30)(H,33,34)(H2,25,27,35)/t11-,12-,13-,14-,17-,18-/m0/s1. The van der Waals surface area contributed by atoms with Crippen LogP contribution in [0, 0.1) is 5.92 Å². The molecule has 0 aromatic heterocycles. The minimum absolute atomic E-state index is 0.111. The summed E-state index contributed by atoms with van der Waals surface area (Å²) in [6.07, 6.45) is 1.69. The second kappa shape index (κ2) is 13.3. The van der Waals surface area contributed by atoms with Gasteiger partial charge in [-0.15, -0.1) is 0 Å². The third-order valence-electron chi connectivity index (χ3n) is 6.09. The monoisotopic (exact) mass is 529 g/mol. The summed E-state index contributed by atoms with van der Waals surface area (Å²) in [4.78, 5) is 70.8. The zero-order valence-electron chi connectivity index (χ0n) is 20.5. The van der Waals surface area contributed by atoms with E-state index in [1.54, 1.807) is 25.6 Å². The van der Waals surface area contributed by atoms with E-state index in [9.17, 15) is 28.8 Å². The summed E-state index contributed by atoms with van der Waals surface area (Å²) < 4.78 is 0. The van der Waals surface area contributed by atoms with Gasteiger partial charge in [0.25, 0.3) is 0 Å². The van der Waals surface area contributed by atoms with Gasteiger partial charge >= 0.3 is 18.0 Å². The molecule has 0 spiro atoms. The van der Waals surface area contributed by atoms with E-state index in [4.69, 9.17) is 10.2 Å². The fraction of sp³-hybridized carbons (Fsp3) is 0.727. The first-order valence-corrected chi connectivity index (χ1v) is 13.0. The van der Waals surface area contributed by atoms with Crippen LogP contribution in [0.25, 0.3) is 0 Å². The van der Waals surface area contributed by atoms with Gasteiger partial charge < -0.3 is 36.8 Å². The van der Waals surface area contributed by atoms with Crippen molar-refractivity contribution in [3.63, 3.8) is 0 Å². The van der Waals surface area contributed by atoms with Gasteiger partial charge in [0.1, 0.15) is 18.1 Å². The van der Waals surface area contributed by atoms with Crippen LogP contribution in [0.2, 0.25) is 0 Å². The Morgan fingerprint density at radius 3 is 2.31 bits per heavy atom. The molecule has 13 nitrogen and oxygen atoms in total. The summed E-state index contributed by atoms with van der Waals surface area (Å²) >= 11 is 1.80. The van der Waals surface area contributed by atoms with Crippen molar-refractivity contribution in [3.05, 3.63) is 0 Å². The number of carbonyl (C=O) groups excluding carboxylic acids is 4. The zero-order valence-corrected chi connectivity index (χ0v) is 21.4. The Morgan fingerprint density at radius 1 is 1.00 bits per heavy atom. The van der Waals surface area contributed by atoms with Crippen LogP contribution < -0.4 is 26.6 Å². The second-order valence-corrected chi connectivity index (χ2v) is 10.7. The largest absolute Gasteiger partial charge is 0.481 e. The molecular formula is C22H35N5O8S. The number of rotatable bonds is 14. The van der Waals surface area contributed by atoms with E-state index in [0.29, 0.717) is 11.7 Å². The third-order valence-corrected chi connectivity index (χ3v) is 7.60. The Kier molecular flexibility index (Phi) is 10.8. The number of thioether (sulfide) groups is 1. The van der Waals surface area contributed by atoms with Crippen molar-refractivity contribution in [1.29, 1.82) is 0 Å². The van der Waals surface area contributed by atoms with Gasteiger partial charge in [0.2, 0.25) is 17.7 Å². The Morgan fingerprint density at radius 2 is 1.69 bits per heavy atom. The summed E-state index contributed by atoms with van der Waals surface area (Å²) in [6, 6.07) is -3.57. The molecule has 0 saturated carbocycles. The van der Waals surface area contributed by atoms with Crippen LogP contribution in [0.4, 0.5) is 4.79 Å². The molecule has 2 rings (SSSR count). The number of carboxylic acids is 2. The van der Waals surface area contributed by atoms with Gasteiger partial charge in [0, 0.05) is 17.4 Å². The van der Waals surface area contributed by atoms with Gasteiger partial charge in [-0.05, 0) is 25.7 Å². The lowest BCUT2D eigenvalue weighted by Gasteiger charge is -2.24. The zero-order chi connectivity index (χ0) is 27.0. The number of fused-ring (bicyclic) bond motifs is 1. The highest BCUT2D eigenvalue weighted by molar-refractivity contribution is 8.00. The highest BCUT2D eigenvalue weighted by Crippen LogP contribution is 2.33. The SMILES string of the molecule is CC(C)[C@H](NC(=O)CCCC[C@@H]1SC[C@@H]2NC(=O)N[C@@H]21)C(=O)N[C@@H](C)C(=O)N[C@@H](CC(=O)O)C(=O)O. The number of urea groups is 1. The number of unbranched alkanes of at least 4 members (excludes halogenated alkanes) is 1. The third kappa shape index (κ3) is 8.57. The predicted molar refractivity (Wildman–Crippen MR) is 130 cm³/mol. The fourth-order valence-electron chi connectivity index (χ4n) is 4.09. The average Bonchev–Trinajstić information content (AvgIpc) is 3.32. The number of aliphatic carboxylic acids is 2. The first-order chi connectivity index (χ1) is 16.9. The molecule has 2 aliphatic heterocycles. The van der Waals surface area contributed by atoms with Crippen molar-refractivity contribution >= 4 is 47.5 Å². The topological polar surface area (TPSA) is 203 Å². The number of hydrogen-bond donors (Lipinski definition) is 7. The van der Waals surface area contributed by atoms with Gasteiger partial charge in [-0.1, -0.05) is 20.3 Å². The molecule has 0 bridgehead atoms. The van der Waals surface area contributed by atoms with Gasteiger partial charge in [-0.2, -0.15) is 11.8 Å². The molecule has 0 radical (unpaired) electrons. The molecular weight excluding hydrogens is 494 g/mol. The Balaban J connectivity index is 1.77. The lowest BCUT2D eigenvalue weighted by molar-refractivity contribution is -0.147. The maximum Gasteiger partial charge on any atom is 0.326 e. The van der Waals surface area contributed by atoms with E-state index < -0.39 is 48.3 Å². The van der Waals surface area contributed by atoms with Crippen LogP contribution in [0.3, 0.4) is 0 Å². The van der Waals surface area contributed by atoms with E-state index in [1.807, 2.05) is 0 Å². The van der Waals surface area contributed by atoms with Crippen molar-refractivity contribution in [2.75, 3.05) is 5.75 Å². The maximum atomic E-state index is 12.7. The molecule has 0 aromatic rings. The Hall–Kier alpha value is -3.03. The van der Waals surface area contributed by atoms with Crippen LogP contribution in [0.1, 0.15) is 52.9 Å². The molecule has 0 unspecified atom stereocenters. The molecule has 0 aromatic carbocycles. The van der Waals surface area contributed by atoms with Crippen LogP contribution in [0.5, 0.6) is 0 Å². The van der Waals surface area contributed by atoms with Crippen molar-refractivity contribution in [1.82, 2.24) is 26.6 Å². The van der Waals surface area contributed by atoms with E-state index in [0.717, 1.165) is 18.6 Å². The highest BCUT2D eigenvalue weighted by Gasteiger charge is 2.42. The first-order valence-electron chi connectivity index (χ1n) is 11.9. The van der Waals surface area contributed by atoms with Crippen molar-refractivity contribution in [3.8, 4) is 0 Å². The number of amides is 5. The number of carbonyl (C=O) groups is 6. The van der Waals surface area contributed by atoms with Crippen molar-refractivity contribution in [2.45, 2.75) is 88.3 Å². The van der Waals surface area contributed by atoms with Gasteiger partial charge in [0.05, 0.1) is 18.5 Å². The summed E-state index contributed by atoms with van der Waals surface area (Å²) in [5.74, 6) is -4.08. The van der Waals surface area contributed by atoms with Crippen LogP contribution in [-0.4, -0.2) is 87.1 Å². The van der Waals surface area contributed by atoms with Crippen LogP contribution in [-0.2, 0) is 24.0 Å². The summed E-state index contributed by atoms with van der Waals surface area (Å²) in [7, 11) is 0. The first kappa shape index (κ1) is 29.2. The fourth-order valence-corrected chi connectivity index (χ4v) is 5.64. The van der Waals surface area contributed by atoms with Gasteiger partial charge in [0.15, 0.2) is 0 Å². The Bertz CT molecular complexity index is 869. The van der Waals surface area contributed by atoms with Crippen LogP contribution >= 0.6 is 11.8 Å². The minimum atomic E-state index is -1.63. The molecule has 7 N–H and O–H groups in total. The minimum Gasteiger partial charge on any atom is -0.481 e. The molecule has 2 saturated heterocycles. The average molecular weight is 530 g/mol. The number of nitrogens with one attached hydrogen (secondary N) is 5. The molecule has 0 aliphatic carbocycles. The molecule has 6 atom stereocenters. The maximum absolute atomic E-state index is 12.7. The summed E-state index contributed by atoms with van der Waals surface area (Å²) in [6.45, 7) is 4.81. The van der Waals surface area contributed by atoms with E-state index in [-0.39, 0.29) is 36.4 Å². The molecule has 2 aliphatic rings. The quantitative estimate of drug-likeness (QED) is 0.113. The van der Waals surface area contributed by atoms with E-state index in [1.165, 1.54) is 6.92 Å². The molecule has 5 amide bonds. The molecule has 14 heteroatoms. The predicted octanol–water partition coefficient (Wildman–Crippen LogP) is -0.598. The molecule has 202 valence electrons. The lowest BCUT2D eigenvalue weighted by atomic mass is 10.0. The molecule has 36 heavy (non-hydrogen) atoms. The van der Waals surface area contributed by atoms with Gasteiger partial charge in [-0.3, -0.25) is 19.2 Å². The normalized spacial score (nSPS) is 23.0. The van der Waals surface area contributed by atoms with E-state index >= 15 is 0 Å². The van der Waals surface area contributed by atoms with E-state index in [2.05, 4.69) is 26.6 Å². The number of hydrogen-bond acceptors (Lipinski definition) is 7. The lowest BCUT2D eigenvalue weighted by Crippen LogP contribution is -2.56. The highest BCUT2D eigenvalue weighted by atomic mass is 32.2. The van der Waals surface area contributed by atoms with Crippen molar-refractivity contribution in [2.24, 2.45) is 5.92 Å². The number of carboxylic acid groups (broad SMARTS) is 2. The summed E-state index contributed by atoms with van der Waals surface area (Å²) in [5, 5.41) is 31.2. The molecule has 2 heterocycles. The van der Waals surface area contributed by atoms with Crippen molar-refractivity contribution < 1.29 is 39.0 Å². The van der Waals surface area contributed by atoms with Gasteiger partial charge in [-0.25, -0.2) is 9.59 Å². The smallest absolute Gasteiger partial charge is 0.326 e.